The van der Waals surface area contributed by atoms with Crippen molar-refractivity contribution in [3.63, 3.8) is 0 Å². The van der Waals surface area contributed by atoms with Crippen molar-refractivity contribution in [3.05, 3.63) is 52.9 Å². The topological polar surface area (TPSA) is 69.0 Å². The Morgan fingerprint density at radius 1 is 1.37 bits per heavy atom. The van der Waals surface area contributed by atoms with Crippen LogP contribution in [-0.4, -0.2) is 33.2 Å². The molecule has 0 aromatic carbocycles. The normalized spacial score (nSPS) is 16.6. The zero-order valence-corrected chi connectivity index (χ0v) is 16.3. The summed E-state index contributed by atoms with van der Waals surface area (Å²) in [5.41, 5.74) is 4.94. The zero-order valence-electron chi connectivity index (χ0n) is 15.4. The van der Waals surface area contributed by atoms with Gasteiger partial charge in [-0.2, -0.15) is 0 Å². The number of carbonyl (C=O) groups is 1. The lowest BCUT2D eigenvalue weighted by molar-refractivity contribution is 0.0962. The van der Waals surface area contributed by atoms with E-state index in [2.05, 4.69) is 39.8 Å². The average molecular weight is 382 g/mol. The number of anilines is 1. The summed E-state index contributed by atoms with van der Waals surface area (Å²) in [6.45, 7) is 5.98. The molecule has 1 fully saturated rings. The van der Waals surface area contributed by atoms with Crippen molar-refractivity contribution in [2.45, 2.75) is 39.3 Å². The fraction of sp³-hybridized carbons (Fsp3) is 0.350. The first-order chi connectivity index (χ1) is 13.1. The van der Waals surface area contributed by atoms with Crippen molar-refractivity contribution >= 4 is 22.4 Å². The van der Waals surface area contributed by atoms with Gasteiger partial charge in [0.25, 0.3) is 5.91 Å². The lowest BCUT2D eigenvalue weighted by Gasteiger charge is -2.14. The lowest BCUT2D eigenvalue weighted by atomic mass is 10.2. The van der Waals surface area contributed by atoms with Gasteiger partial charge in [0, 0.05) is 53.4 Å². The van der Waals surface area contributed by atoms with E-state index in [-0.39, 0.29) is 5.91 Å². The second-order valence-electron chi connectivity index (χ2n) is 6.76. The number of pyridine rings is 1. The van der Waals surface area contributed by atoms with Crippen LogP contribution < -0.4 is 5.32 Å². The number of nitrogens with zero attached hydrogens (tertiary/aromatic N) is 3. The van der Waals surface area contributed by atoms with Crippen molar-refractivity contribution in [3.8, 4) is 11.3 Å². The number of amides is 1. The molecule has 4 heterocycles. The smallest absolute Gasteiger partial charge is 0.257 e. The van der Waals surface area contributed by atoms with Crippen LogP contribution in [0.5, 0.6) is 0 Å². The predicted octanol–water partition coefficient (Wildman–Crippen LogP) is 4.05. The monoisotopic (exact) mass is 382 g/mol. The van der Waals surface area contributed by atoms with Crippen molar-refractivity contribution in [2.75, 3.05) is 11.9 Å². The molecule has 1 aliphatic heterocycles. The Kier molecular flexibility index (Phi) is 5.05. The van der Waals surface area contributed by atoms with Gasteiger partial charge in [-0.05, 0) is 44.9 Å². The second-order valence-corrected chi connectivity index (χ2v) is 7.62. The van der Waals surface area contributed by atoms with Crippen LogP contribution in [0, 0.1) is 13.8 Å². The van der Waals surface area contributed by atoms with Crippen LogP contribution >= 0.6 is 11.3 Å². The number of ether oxygens (including phenoxy) is 1. The van der Waals surface area contributed by atoms with E-state index in [1.807, 2.05) is 5.38 Å². The number of nitrogens with one attached hydrogen (secondary N) is 1. The molecule has 4 rings (SSSR count). The van der Waals surface area contributed by atoms with Crippen LogP contribution in [0.1, 0.15) is 34.6 Å². The lowest BCUT2D eigenvalue weighted by Crippen LogP contribution is -2.16. The maximum absolute atomic E-state index is 12.3. The Morgan fingerprint density at radius 3 is 2.93 bits per heavy atom. The number of thiazole rings is 1. The van der Waals surface area contributed by atoms with Gasteiger partial charge in [-0.15, -0.1) is 11.3 Å². The van der Waals surface area contributed by atoms with E-state index in [0.717, 1.165) is 37.3 Å². The van der Waals surface area contributed by atoms with Gasteiger partial charge in [0.05, 0.1) is 11.8 Å². The van der Waals surface area contributed by atoms with Crippen LogP contribution in [0.2, 0.25) is 0 Å². The first kappa shape index (κ1) is 17.9. The Labute approximate surface area is 162 Å². The Balaban J connectivity index is 1.52. The van der Waals surface area contributed by atoms with E-state index >= 15 is 0 Å². The molecule has 3 aromatic rings. The summed E-state index contributed by atoms with van der Waals surface area (Å²) in [5.74, 6) is -0.179. The summed E-state index contributed by atoms with van der Waals surface area (Å²) < 4.78 is 8.09. The van der Waals surface area contributed by atoms with E-state index in [1.54, 1.807) is 24.5 Å². The van der Waals surface area contributed by atoms with Crippen molar-refractivity contribution in [1.29, 1.82) is 0 Å². The Bertz CT molecular complexity index is 942. The minimum absolute atomic E-state index is 0.179. The van der Waals surface area contributed by atoms with Crippen LogP contribution in [0.4, 0.5) is 5.13 Å². The largest absolute Gasteiger partial charge is 0.376 e. The van der Waals surface area contributed by atoms with Gasteiger partial charge in [-0.1, -0.05) is 0 Å². The summed E-state index contributed by atoms with van der Waals surface area (Å²) in [6.07, 6.45) is 5.77. The molecule has 1 saturated heterocycles. The molecule has 0 aliphatic carbocycles. The van der Waals surface area contributed by atoms with Crippen molar-refractivity contribution in [2.24, 2.45) is 0 Å². The van der Waals surface area contributed by atoms with Crippen LogP contribution in [-0.2, 0) is 11.3 Å². The average Bonchev–Trinajstić information content (AvgIpc) is 3.41. The van der Waals surface area contributed by atoms with Crippen LogP contribution in [0.25, 0.3) is 11.3 Å². The van der Waals surface area contributed by atoms with Gasteiger partial charge in [0.2, 0.25) is 0 Å². The zero-order chi connectivity index (χ0) is 18.8. The molecule has 0 saturated carbocycles. The Hall–Kier alpha value is -2.51. The molecule has 0 spiro atoms. The number of aromatic nitrogens is 3. The minimum atomic E-state index is -0.179. The van der Waals surface area contributed by atoms with Gasteiger partial charge >= 0.3 is 0 Å². The minimum Gasteiger partial charge on any atom is -0.376 e. The van der Waals surface area contributed by atoms with Crippen molar-refractivity contribution < 1.29 is 9.53 Å². The van der Waals surface area contributed by atoms with Gasteiger partial charge in [-0.3, -0.25) is 15.1 Å². The summed E-state index contributed by atoms with van der Waals surface area (Å²) >= 11 is 1.43. The van der Waals surface area contributed by atoms with Gasteiger partial charge in [0.15, 0.2) is 5.13 Å². The van der Waals surface area contributed by atoms with E-state index in [1.165, 1.54) is 22.7 Å². The molecule has 0 bridgehead atoms. The molecule has 27 heavy (non-hydrogen) atoms. The molecule has 7 heteroatoms. The molecule has 1 N–H and O–H groups in total. The highest BCUT2D eigenvalue weighted by Crippen LogP contribution is 2.31. The fourth-order valence-corrected chi connectivity index (χ4v) is 4.17. The number of aryl methyl sites for hydroxylation is 1. The molecule has 3 aromatic heterocycles. The molecule has 6 nitrogen and oxygen atoms in total. The SMILES string of the molecule is Cc1cc(-c2csc(NC(=O)c3ccncc3)n2)c(C)n1C[C@@H]1CCCO1. The molecular formula is C20H22N4O2S. The van der Waals surface area contributed by atoms with Crippen molar-refractivity contribution in [1.82, 2.24) is 14.5 Å². The second kappa shape index (κ2) is 7.62. The number of hydrogen-bond donors (Lipinski definition) is 1. The molecular weight excluding hydrogens is 360 g/mol. The first-order valence-corrected chi connectivity index (χ1v) is 9.95. The maximum Gasteiger partial charge on any atom is 0.257 e. The standard InChI is InChI=1S/C20H22N4O2S/c1-13-10-17(14(2)24(13)11-16-4-3-9-26-16)18-12-27-20(22-18)23-19(25)15-5-7-21-8-6-15/h5-8,10,12,16H,3-4,9,11H2,1-2H3,(H,22,23,25)/t16-/m0/s1. The number of carbonyl (C=O) groups excluding carboxylic acids is 1. The first-order valence-electron chi connectivity index (χ1n) is 9.07. The molecule has 140 valence electrons. The predicted molar refractivity (Wildman–Crippen MR) is 106 cm³/mol. The maximum atomic E-state index is 12.3. The quantitative estimate of drug-likeness (QED) is 0.723. The summed E-state index contributed by atoms with van der Waals surface area (Å²) in [4.78, 5) is 20.8. The number of rotatable bonds is 5. The highest BCUT2D eigenvalue weighted by atomic mass is 32.1. The van der Waals surface area contributed by atoms with E-state index < -0.39 is 0 Å². The third-order valence-corrected chi connectivity index (χ3v) is 5.68. The van der Waals surface area contributed by atoms with Gasteiger partial charge in [-0.25, -0.2) is 4.98 Å². The molecule has 1 atom stereocenters. The highest BCUT2D eigenvalue weighted by Gasteiger charge is 2.20. The third kappa shape index (κ3) is 3.79. The van der Waals surface area contributed by atoms with Gasteiger partial charge in [0.1, 0.15) is 0 Å². The van der Waals surface area contributed by atoms with E-state index in [4.69, 9.17) is 4.74 Å². The van der Waals surface area contributed by atoms with E-state index in [0.29, 0.717) is 16.8 Å². The molecule has 0 radical (unpaired) electrons. The summed E-state index contributed by atoms with van der Waals surface area (Å²) in [7, 11) is 0. The highest BCUT2D eigenvalue weighted by molar-refractivity contribution is 7.14. The molecule has 1 amide bonds. The van der Waals surface area contributed by atoms with Crippen LogP contribution in [0.15, 0.2) is 36.0 Å². The third-order valence-electron chi connectivity index (χ3n) is 4.93. The summed E-state index contributed by atoms with van der Waals surface area (Å²) in [5, 5.41) is 5.44. The van der Waals surface area contributed by atoms with Gasteiger partial charge < -0.3 is 9.30 Å². The Morgan fingerprint density at radius 2 is 2.19 bits per heavy atom. The molecule has 1 aliphatic rings. The molecule has 0 unspecified atom stereocenters. The van der Waals surface area contributed by atoms with Crippen LogP contribution in [0.3, 0.4) is 0 Å². The number of hydrogen-bond acceptors (Lipinski definition) is 5. The van der Waals surface area contributed by atoms with E-state index in [9.17, 15) is 4.79 Å². The fourth-order valence-electron chi connectivity index (χ4n) is 3.46. The summed E-state index contributed by atoms with van der Waals surface area (Å²) in [6, 6.07) is 5.53.